The summed E-state index contributed by atoms with van der Waals surface area (Å²) in [5.41, 5.74) is 1.60. The van der Waals surface area contributed by atoms with Gasteiger partial charge in [0, 0.05) is 16.5 Å². The summed E-state index contributed by atoms with van der Waals surface area (Å²) in [6, 6.07) is 15.1. The summed E-state index contributed by atoms with van der Waals surface area (Å²) < 4.78 is 0. The van der Waals surface area contributed by atoms with Gasteiger partial charge in [-0.05, 0) is 30.9 Å². The minimum absolute atomic E-state index is 0.283. The van der Waals surface area contributed by atoms with E-state index in [2.05, 4.69) is 6.92 Å². The van der Waals surface area contributed by atoms with Crippen molar-refractivity contribution in [3.63, 3.8) is 0 Å². The first-order valence-electron chi connectivity index (χ1n) is 7.70. The van der Waals surface area contributed by atoms with Crippen LogP contribution in [0.1, 0.15) is 43.7 Å². The second-order valence-electron chi connectivity index (χ2n) is 6.32. The number of rotatable bonds is 2. The fraction of sp³-hybridized carbons (Fsp3) is 0.368. The molecule has 1 unspecified atom stereocenters. The lowest BCUT2D eigenvalue weighted by Crippen LogP contribution is -2.33. The van der Waals surface area contributed by atoms with Crippen LogP contribution in [0.5, 0.6) is 11.5 Å². The zero-order valence-electron chi connectivity index (χ0n) is 12.4. The lowest BCUT2D eigenvalue weighted by atomic mass is 9.62. The fourth-order valence-electron chi connectivity index (χ4n) is 3.94. The van der Waals surface area contributed by atoms with Crippen LogP contribution < -0.4 is 0 Å². The van der Waals surface area contributed by atoms with Crippen molar-refractivity contribution in [2.45, 2.75) is 38.0 Å². The predicted molar refractivity (Wildman–Crippen MR) is 84.6 cm³/mol. The third-order valence-electron chi connectivity index (χ3n) is 4.84. The zero-order valence-corrected chi connectivity index (χ0v) is 12.4. The Bertz CT molecular complexity index is 587. The van der Waals surface area contributed by atoms with Gasteiger partial charge in [0.25, 0.3) is 0 Å². The molecular weight excluding hydrogens is 260 g/mol. The maximum Gasteiger partial charge on any atom is 0.119 e. The average molecular weight is 282 g/mol. The molecule has 1 fully saturated rings. The minimum Gasteiger partial charge on any atom is -0.508 e. The molecule has 0 bridgehead atoms. The Morgan fingerprint density at radius 3 is 1.90 bits per heavy atom. The molecule has 1 aliphatic carbocycles. The van der Waals surface area contributed by atoms with Gasteiger partial charge in [-0.15, -0.1) is 0 Å². The number of hydrogen-bond acceptors (Lipinski definition) is 2. The third kappa shape index (κ3) is 2.39. The number of aromatic hydroxyl groups is 2. The molecule has 0 amide bonds. The highest BCUT2D eigenvalue weighted by Gasteiger charge is 2.41. The van der Waals surface area contributed by atoms with Gasteiger partial charge in [-0.2, -0.15) is 0 Å². The molecule has 110 valence electrons. The standard InChI is InChI=1S/C19H22O2/c1-14-7-6-12-19(13-14,15-8-2-4-10-17(15)20)16-9-3-5-11-18(16)21/h2-5,8-11,14,20-21H,6-7,12-13H2,1H3. The lowest BCUT2D eigenvalue weighted by molar-refractivity contribution is 0.260. The van der Waals surface area contributed by atoms with Gasteiger partial charge in [-0.1, -0.05) is 56.2 Å². The van der Waals surface area contributed by atoms with Crippen LogP contribution in [0.2, 0.25) is 0 Å². The van der Waals surface area contributed by atoms with Crippen molar-refractivity contribution in [3.8, 4) is 11.5 Å². The van der Waals surface area contributed by atoms with Gasteiger partial charge in [-0.3, -0.25) is 0 Å². The summed E-state index contributed by atoms with van der Waals surface area (Å²) in [6.45, 7) is 2.26. The van der Waals surface area contributed by atoms with Gasteiger partial charge in [0.2, 0.25) is 0 Å². The van der Waals surface area contributed by atoms with Crippen LogP contribution in [-0.2, 0) is 5.41 Å². The Labute approximate surface area is 126 Å². The fourth-order valence-corrected chi connectivity index (χ4v) is 3.94. The normalized spacial score (nSPS) is 21.1. The third-order valence-corrected chi connectivity index (χ3v) is 4.84. The summed E-state index contributed by atoms with van der Waals surface area (Å²) in [5, 5.41) is 20.8. The molecule has 2 aromatic rings. The highest BCUT2D eigenvalue weighted by Crippen LogP contribution is 2.51. The number of phenolic OH excluding ortho intramolecular Hbond substituents is 2. The summed E-state index contributed by atoms with van der Waals surface area (Å²) in [4.78, 5) is 0. The molecular formula is C19H22O2. The van der Waals surface area contributed by atoms with E-state index in [0.717, 1.165) is 30.4 Å². The summed E-state index contributed by atoms with van der Waals surface area (Å²) in [7, 11) is 0. The van der Waals surface area contributed by atoms with Crippen LogP contribution in [-0.4, -0.2) is 10.2 Å². The first-order chi connectivity index (χ1) is 10.1. The molecule has 0 aromatic heterocycles. The second-order valence-corrected chi connectivity index (χ2v) is 6.32. The van der Waals surface area contributed by atoms with E-state index in [1.807, 2.05) is 36.4 Å². The quantitative estimate of drug-likeness (QED) is 0.845. The lowest BCUT2D eigenvalue weighted by Gasteiger charge is -2.41. The molecule has 1 saturated carbocycles. The largest absolute Gasteiger partial charge is 0.508 e. The van der Waals surface area contributed by atoms with Crippen molar-refractivity contribution in [3.05, 3.63) is 59.7 Å². The van der Waals surface area contributed by atoms with E-state index in [1.165, 1.54) is 6.42 Å². The maximum atomic E-state index is 10.4. The summed E-state index contributed by atoms with van der Waals surface area (Å²) >= 11 is 0. The van der Waals surface area contributed by atoms with E-state index in [0.29, 0.717) is 17.4 Å². The first kappa shape index (κ1) is 14.0. The van der Waals surface area contributed by atoms with Gasteiger partial charge >= 0.3 is 0 Å². The highest BCUT2D eigenvalue weighted by atomic mass is 16.3. The van der Waals surface area contributed by atoms with Crippen LogP contribution in [0.4, 0.5) is 0 Å². The van der Waals surface area contributed by atoms with Crippen molar-refractivity contribution < 1.29 is 10.2 Å². The van der Waals surface area contributed by atoms with E-state index in [1.54, 1.807) is 12.1 Å². The molecule has 2 nitrogen and oxygen atoms in total. The van der Waals surface area contributed by atoms with Gasteiger partial charge in [0.15, 0.2) is 0 Å². The Hall–Kier alpha value is -1.96. The summed E-state index contributed by atoms with van der Waals surface area (Å²) in [6.07, 6.45) is 4.25. The molecule has 0 aliphatic heterocycles. The number of para-hydroxylation sites is 2. The van der Waals surface area contributed by atoms with Gasteiger partial charge < -0.3 is 10.2 Å². The molecule has 21 heavy (non-hydrogen) atoms. The number of hydrogen-bond donors (Lipinski definition) is 2. The first-order valence-corrected chi connectivity index (χ1v) is 7.70. The minimum atomic E-state index is -0.283. The number of benzene rings is 2. The van der Waals surface area contributed by atoms with Gasteiger partial charge in [0.1, 0.15) is 11.5 Å². The molecule has 3 rings (SSSR count). The zero-order chi connectivity index (χ0) is 14.9. The molecule has 0 saturated heterocycles. The predicted octanol–water partition coefficient (Wildman–Crippen LogP) is 4.59. The van der Waals surface area contributed by atoms with E-state index in [9.17, 15) is 10.2 Å². The van der Waals surface area contributed by atoms with E-state index in [4.69, 9.17) is 0 Å². The van der Waals surface area contributed by atoms with Gasteiger partial charge in [0.05, 0.1) is 0 Å². The average Bonchev–Trinajstić information content (AvgIpc) is 2.48. The number of phenols is 2. The van der Waals surface area contributed by atoms with Crippen molar-refractivity contribution in [1.82, 2.24) is 0 Å². The highest BCUT2D eigenvalue weighted by molar-refractivity contribution is 5.51. The Morgan fingerprint density at radius 2 is 1.43 bits per heavy atom. The van der Waals surface area contributed by atoms with Crippen LogP contribution in [0.15, 0.2) is 48.5 Å². The Morgan fingerprint density at radius 1 is 0.905 bits per heavy atom. The second kappa shape index (κ2) is 5.44. The van der Waals surface area contributed by atoms with Crippen molar-refractivity contribution in [1.29, 1.82) is 0 Å². The van der Waals surface area contributed by atoms with Crippen LogP contribution in [0, 0.1) is 5.92 Å². The smallest absolute Gasteiger partial charge is 0.119 e. The SMILES string of the molecule is CC1CCCC(c2ccccc2O)(c2ccccc2O)C1. The van der Waals surface area contributed by atoms with Crippen molar-refractivity contribution in [2.75, 3.05) is 0 Å². The van der Waals surface area contributed by atoms with Crippen molar-refractivity contribution in [2.24, 2.45) is 5.92 Å². The molecule has 2 aromatic carbocycles. The molecule has 0 heterocycles. The molecule has 1 atom stereocenters. The Kier molecular flexibility index (Phi) is 3.62. The molecule has 0 radical (unpaired) electrons. The molecule has 0 spiro atoms. The van der Waals surface area contributed by atoms with E-state index < -0.39 is 0 Å². The van der Waals surface area contributed by atoms with Crippen LogP contribution >= 0.6 is 0 Å². The van der Waals surface area contributed by atoms with Crippen LogP contribution in [0.3, 0.4) is 0 Å². The maximum absolute atomic E-state index is 10.4. The van der Waals surface area contributed by atoms with Gasteiger partial charge in [-0.25, -0.2) is 0 Å². The topological polar surface area (TPSA) is 40.5 Å². The van der Waals surface area contributed by atoms with Crippen LogP contribution in [0.25, 0.3) is 0 Å². The monoisotopic (exact) mass is 282 g/mol. The van der Waals surface area contributed by atoms with E-state index in [-0.39, 0.29) is 5.41 Å². The molecule has 1 aliphatic rings. The molecule has 2 N–H and O–H groups in total. The molecule has 2 heteroatoms. The van der Waals surface area contributed by atoms with Crippen molar-refractivity contribution >= 4 is 0 Å². The summed E-state index contributed by atoms with van der Waals surface area (Å²) in [5.74, 6) is 1.24. The van der Waals surface area contributed by atoms with E-state index >= 15 is 0 Å². The Balaban J connectivity index is 2.21.